The van der Waals surface area contributed by atoms with E-state index >= 15 is 0 Å². The van der Waals surface area contributed by atoms with Crippen LogP contribution in [0.1, 0.15) is 39.0 Å². The number of nitrogens with zero attached hydrogens (tertiary/aromatic N) is 1. The highest BCUT2D eigenvalue weighted by molar-refractivity contribution is 5.82. The minimum atomic E-state index is -5.11. The van der Waals surface area contributed by atoms with Crippen LogP contribution < -0.4 is 5.32 Å². The molecule has 1 aliphatic heterocycles. The molecule has 0 aromatic carbocycles. The lowest BCUT2D eigenvalue weighted by atomic mass is 9.96. The van der Waals surface area contributed by atoms with E-state index in [2.05, 4.69) is 0 Å². The summed E-state index contributed by atoms with van der Waals surface area (Å²) < 4.78 is 75.6. The van der Waals surface area contributed by atoms with Gasteiger partial charge in [-0.25, -0.2) is 0 Å². The molecule has 0 unspecified atom stereocenters. The van der Waals surface area contributed by atoms with Gasteiger partial charge in [0.2, 0.25) is 5.91 Å². The Morgan fingerprint density at radius 1 is 1.13 bits per heavy atom. The minimum Gasteiger partial charge on any atom is -0.344 e. The summed E-state index contributed by atoms with van der Waals surface area (Å²) in [5.74, 6) is -2.98. The number of amides is 2. The van der Waals surface area contributed by atoms with Crippen molar-refractivity contribution in [2.75, 3.05) is 6.54 Å². The van der Waals surface area contributed by atoms with Crippen LogP contribution in [0.5, 0.6) is 0 Å². The molecule has 0 spiro atoms. The number of alkyl halides is 6. The summed E-state index contributed by atoms with van der Waals surface area (Å²) in [5, 5.41) is 1.65. The molecule has 0 aromatic rings. The first-order chi connectivity index (χ1) is 10.5. The van der Waals surface area contributed by atoms with Gasteiger partial charge in [0.05, 0.1) is 0 Å². The van der Waals surface area contributed by atoms with Crippen molar-refractivity contribution in [2.45, 2.75) is 63.5 Å². The molecule has 1 saturated heterocycles. The Labute approximate surface area is 129 Å². The van der Waals surface area contributed by atoms with Crippen molar-refractivity contribution in [3.8, 4) is 0 Å². The minimum absolute atomic E-state index is 0.108. The molecule has 134 valence electrons. The van der Waals surface area contributed by atoms with Gasteiger partial charge >= 0.3 is 18.3 Å². The molecule has 4 nitrogen and oxygen atoms in total. The molecule has 2 amide bonds. The van der Waals surface area contributed by atoms with E-state index in [4.69, 9.17) is 0 Å². The molecule has 23 heavy (non-hydrogen) atoms. The summed E-state index contributed by atoms with van der Waals surface area (Å²) in [6.07, 6.45) is -9.69. The van der Waals surface area contributed by atoms with Gasteiger partial charge in [0.25, 0.3) is 0 Å². The lowest BCUT2D eigenvalue weighted by molar-refractivity contribution is -0.198. The first-order valence-corrected chi connectivity index (χ1v) is 7.20. The van der Waals surface area contributed by atoms with Crippen LogP contribution >= 0.6 is 0 Å². The molecule has 0 aliphatic carbocycles. The third kappa shape index (κ3) is 5.58. The van der Waals surface area contributed by atoms with Gasteiger partial charge in [-0.1, -0.05) is 13.3 Å². The third-order valence-electron chi connectivity index (χ3n) is 3.62. The second-order valence-corrected chi connectivity index (χ2v) is 5.45. The topological polar surface area (TPSA) is 49.4 Å². The lowest BCUT2D eigenvalue weighted by Gasteiger charge is -2.40. The molecule has 0 bridgehead atoms. The molecule has 1 rings (SSSR count). The fraction of sp³-hybridized carbons (Fsp3) is 0.846. The van der Waals surface area contributed by atoms with Gasteiger partial charge in [-0.2, -0.15) is 26.3 Å². The highest BCUT2D eigenvalue weighted by atomic mass is 19.4. The van der Waals surface area contributed by atoms with E-state index in [0.717, 1.165) is 0 Å². The number of rotatable bonds is 4. The molecule has 1 N–H and O–H groups in total. The molecule has 0 saturated carbocycles. The van der Waals surface area contributed by atoms with Crippen molar-refractivity contribution >= 4 is 11.8 Å². The molecular formula is C13H18F6N2O2. The second kappa shape index (κ2) is 7.39. The van der Waals surface area contributed by atoms with Crippen LogP contribution in [0.15, 0.2) is 0 Å². The summed E-state index contributed by atoms with van der Waals surface area (Å²) in [5.41, 5.74) is 0. The summed E-state index contributed by atoms with van der Waals surface area (Å²) >= 11 is 0. The van der Waals surface area contributed by atoms with Gasteiger partial charge in [0, 0.05) is 19.0 Å². The number of nitrogens with one attached hydrogen (secondary N) is 1. The maximum absolute atomic E-state index is 13.0. The van der Waals surface area contributed by atoms with Crippen molar-refractivity contribution in [1.82, 2.24) is 10.2 Å². The summed E-state index contributed by atoms with van der Waals surface area (Å²) in [4.78, 5) is 23.4. The molecule has 1 aliphatic rings. The first kappa shape index (κ1) is 19.6. The zero-order valence-corrected chi connectivity index (χ0v) is 12.4. The Kier molecular flexibility index (Phi) is 6.29. The number of hydrogen-bond donors (Lipinski definition) is 1. The molecule has 2 atom stereocenters. The Balaban J connectivity index is 2.81. The van der Waals surface area contributed by atoms with Crippen LogP contribution in [0, 0.1) is 0 Å². The average Bonchev–Trinajstić information content (AvgIpc) is 2.42. The van der Waals surface area contributed by atoms with Crippen LogP contribution in [0.4, 0.5) is 26.3 Å². The van der Waals surface area contributed by atoms with Crippen molar-refractivity contribution in [3.63, 3.8) is 0 Å². The van der Waals surface area contributed by atoms with E-state index in [1.807, 2.05) is 0 Å². The SMILES string of the molecule is CCCCC(=O)N1C[C@H](NC(=O)C(F)(F)F)CC[C@@H]1C(F)(F)F. The summed E-state index contributed by atoms with van der Waals surface area (Å²) in [7, 11) is 0. The number of likely N-dealkylation sites (tertiary alicyclic amines) is 1. The van der Waals surface area contributed by atoms with Crippen LogP contribution in [-0.2, 0) is 9.59 Å². The molecule has 0 radical (unpaired) electrons. The maximum Gasteiger partial charge on any atom is 0.471 e. The zero-order valence-electron chi connectivity index (χ0n) is 12.4. The predicted octanol–water partition coefficient (Wildman–Crippen LogP) is 2.78. The monoisotopic (exact) mass is 348 g/mol. The second-order valence-electron chi connectivity index (χ2n) is 5.45. The lowest BCUT2D eigenvalue weighted by Crippen LogP contribution is -2.59. The van der Waals surface area contributed by atoms with Crippen LogP contribution in [0.2, 0.25) is 0 Å². The van der Waals surface area contributed by atoms with Crippen molar-refractivity contribution < 1.29 is 35.9 Å². The average molecular weight is 348 g/mol. The van der Waals surface area contributed by atoms with Gasteiger partial charge in [-0.3, -0.25) is 9.59 Å². The smallest absolute Gasteiger partial charge is 0.344 e. The largest absolute Gasteiger partial charge is 0.471 e. The van der Waals surface area contributed by atoms with Gasteiger partial charge in [-0.05, 0) is 19.3 Å². The fourth-order valence-corrected chi connectivity index (χ4v) is 2.44. The van der Waals surface area contributed by atoms with Gasteiger partial charge in [-0.15, -0.1) is 0 Å². The number of piperidine rings is 1. The Bertz CT molecular complexity index is 435. The molecule has 1 fully saturated rings. The van der Waals surface area contributed by atoms with E-state index in [0.29, 0.717) is 17.7 Å². The van der Waals surface area contributed by atoms with Crippen molar-refractivity contribution in [3.05, 3.63) is 0 Å². The van der Waals surface area contributed by atoms with Gasteiger partial charge < -0.3 is 10.2 Å². The predicted molar refractivity (Wildman–Crippen MR) is 68.3 cm³/mol. The quantitative estimate of drug-likeness (QED) is 0.795. The Hall–Kier alpha value is -1.48. The summed E-state index contributed by atoms with van der Waals surface area (Å²) in [6.45, 7) is 1.19. The molecular weight excluding hydrogens is 330 g/mol. The fourth-order valence-electron chi connectivity index (χ4n) is 2.44. The number of halogens is 6. The zero-order chi connectivity index (χ0) is 17.8. The van der Waals surface area contributed by atoms with E-state index < -0.39 is 49.2 Å². The van der Waals surface area contributed by atoms with Crippen LogP contribution in [-0.4, -0.2) is 47.7 Å². The van der Waals surface area contributed by atoms with E-state index in [1.54, 1.807) is 12.2 Å². The standard InChI is InChI=1S/C13H18F6N2O2/c1-2-3-4-10(22)21-7-8(20-11(23)13(17,18)19)5-6-9(21)12(14,15)16/h8-9H,2-7H2,1H3,(H,20,23)/t8-,9-/m1/s1. The van der Waals surface area contributed by atoms with Crippen molar-refractivity contribution in [1.29, 1.82) is 0 Å². The maximum atomic E-state index is 13.0. The number of carbonyl (C=O) groups excluding carboxylic acids is 2. The molecule has 0 aromatic heterocycles. The third-order valence-corrected chi connectivity index (χ3v) is 3.62. The Morgan fingerprint density at radius 2 is 1.74 bits per heavy atom. The van der Waals surface area contributed by atoms with Gasteiger partial charge in [0.1, 0.15) is 6.04 Å². The van der Waals surface area contributed by atoms with E-state index in [1.165, 1.54) is 0 Å². The van der Waals surface area contributed by atoms with Crippen molar-refractivity contribution in [2.24, 2.45) is 0 Å². The highest BCUT2D eigenvalue weighted by Crippen LogP contribution is 2.32. The first-order valence-electron chi connectivity index (χ1n) is 7.20. The number of unbranched alkanes of at least 4 members (excludes halogenated alkanes) is 1. The summed E-state index contributed by atoms with van der Waals surface area (Å²) in [6, 6.07) is -3.17. The highest BCUT2D eigenvalue weighted by Gasteiger charge is 2.49. The molecule has 1 heterocycles. The molecule has 10 heteroatoms. The van der Waals surface area contributed by atoms with Crippen LogP contribution in [0.25, 0.3) is 0 Å². The number of carbonyl (C=O) groups is 2. The van der Waals surface area contributed by atoms with E-state index in [-0.39, 0.29) is 12.8 Å². The van der Waals surface area contributed by atoms with E-state index in [9.17, 15) is 35.9 Å². The Morgan fingerprint density at radius 3 is 2.22 bits per heavy atom. The van der Waals surface area contributed by atoms with Crippen LogP contribution in [0.3, 0.4) is 0 Å². The number of hydrogen-bond acceptors (Lipinski definition) is 2. The van der Waals surface area contributed by atoms with Gasteiger partial charge in [0.15, 0.2) is 0 Å². The normalized spacial score (nSPS) is 22.8.